The Hall–Kier alpha value is -0.930. The SMILES string of the molecule is CCN(Cc1ccccn1)CC(C)O. The average molecular weight is 194 g/mol. The van der Waals surface area contributed by atoms with E-state index in [0.29, 0.717) is 6.54 Å². The molecule has 14 heavy (non-hydrogen) atoms. The molecule has 0 bridgehead atoms. The van der Waals surface area contributed by atoms with E-state index in [1.165, 1.54) is 0 Å². The van der Waals surface area contributed by atoms with Crippen molar-refractivity contribution in [2.24, 2.45) is 0 Å². The van der Waals surface area contributed by atoms with Crippen molar-refractivity contribution >= 4 is 0 Å². The zero-order valence-electron chi connectivity index (χ0n) is 8.85. The fraction of sp³-hybridized carbons (Fsp3) is 0.545. The highest BCUT2D eigenvalue weighted by Gasteiger charge is 2.06. The quantitative estimate of drug-likeness (QED) is 0.767. The molecule has 0 fully saturated rings. The number of rotatable bonds is 5. The van der Waals surface area contributed by atoms with Crippen LogP contribution >= 0.6 is 0 Å². The lowest BCUT2D eigenvalue weighted by molar-refractivity contribution is 0.125. The van der Waals surface area contributed by atoms with Crippen molar-refractivity contribution in [1.29, 1.82) is 0 Å². The number of hydrogen-bond acceptors (Lipinski definition) is 3. The summed E-state index contributed by atoms with van der Waals surface area (Å²) in [6.45, 7) is 6.34. The summed E-state index contributed by atoms with van der Waals surface area (Å²) in [4.78, 5) is 6.42. The fourth-order valence-electron chi connectivity index (χ4n) is 1.40. The van der Waals surface area contributed by atoms with Crippen LogP contribution in [0.2, 0.25) is 0 Å². The molecule has 1 aromatic rings. The van der Waals surface area contributed by atoms with E-state index < -0.39 is 0 Å². The third-order valence-corrected chi connectivity index (χ3v) is 2.08. The smallest absolute Gasteiger partial charge is 0.0639 e. The largest absolute Gasteiger partial charge is 0.392 e. The molecule has 0 radical (unpaired) electrons. The van der Waals surface area contributed by atoms with Crippen LogP contribution in [0.3, 0.4) is 0 Å². The van der Waals surface area contributed by atoms with Gasteiger partial charge in [0, 0.05) is 19.3 Å². The van der Waals surface area contributed by atoms with Crippen LogP contribution in [0.25, 0.3) is 0 Å². The third kappa shape index (κ3) is 3.85. The zero-order valence-corrected chi connectivity index (χ0v) is 8.85. The summed E-state index contributed by atoms with van der Waals surface area (Å²) in [6, 6.07) is 5.90. The van der Waals surface area contributed by atoms with Crippen LogP contribution in [0, 0.1) is 0 Å². The van der Waals surface area contributed by atoms with Gasteiger partial charge in [-0.05, 0) is 25.6 Å². The predicted octanol–water partition coefficient (Wildman–Crippen LogP) is 1.28. The normalized spacial score (nSPS) is 13.1. The van der Waals surface area contributed by atoms with Crippen molar-refractivity contribution in [3.05, 3.63) is 30.1 Å². The Balaban J connectivity index is 2.48. The minimum Gasteiger partial charge on any atom is -0.392 e. The maximum absolute atomic E-state index is 9.27. The summed E-state index contributed by atoms with van der Waals surface area (Å²) in [5.41, 5.74) is 1.05. The lowest BCUT2D eigenvalue weighted by Gasteiger charge is -2.21. The minimum absolute atomic E-state index is 0.279. The second-order valence-electron chi connectivity index (χ2n) is 3.50. The highest BCUT2D eigenvalue weighted by Crippen LogP contribution is 2.01. The molecular formula is C11H18N2O. The summed E-state index contributed by atoms with van der Waals surface area (Å²) in [5.74, 6) is 0. The van der Waals surface area contributed by atoms with Crippen LogP contribution in [-0.4, -0.2) is 34.2 Å². The van der Waals surface area contributed by atoms with Crippen molar-refractivity contribution in [3.63, 3.8) is 0 Å². The highest BCUT2D eigenvalue weighted by atomic mass is 16.3. The predicted molar refractivity (Wildman–Crippen MR) is 56.9 cm³/mol. The first-order valence-electron chi connectivity index (χ1n) is 5.02. The molecule has 1 unspecified atom stereocenters. The molecule has 0 aliphatic heterocycles. The zero-order chi connectivity index (χ0) is 10.4. The summed E-state index contributed by atoms with van der Waals surface area (Å²) < 4.78 is 0. The van der Waals surface area contributed by atoms with Crippen molar-refractivity contribution in [2.75, 3.05) is 13.1 Å². The molecule has 0 spiro atoms. The second kappa shape index (κ2) is 5.73. The third-order valence-electron chi connectivity index (χ3n) is 2.08. The summed E-state index contributed by atoms with van der Waals surface area (Å²) in [5, 5.41) is 9.27. The molecule has 78 valence electrons. The van der Waals surface area contributed by atoms with E-state index in [1.54, 1.807) is 13.1 Å². The Morgan fingerprint density at radius 1 is 1.50 bits per heavy atom. The molecule has 0 amide bonds. The molecule has 1 atom stereocenters. The molecule has 0 saturated carbocycles. The van der Waals surface area contributed by atoms with Gasteiger partial charge in [0.1, 0.15) is 0 Å². The molecule has 1 N–H and O–H groups in total. The number of aliphatic hydroxyl groups is 1. The van der Waals surface area contributed by atoms with Crippen molar-refractivity contribution in [2.45, 2.75) is 26.5 Å². The number of nitrogens with zero attached hydrogens (tertiary/aromatic N) is 2. The average Bonchev–Trinajstić information content (AvgIpc) is 2.17. The van der Waals surface area contributed by atoms with Crippen LogP contribution in [0.4, 0.5) is 0 Å². The van der Waals surface area contributed by atoms with Gasteiger partial charge < -0.3 is 5.11 Å². The molecule has 3 heteroatoms. The maximum Gasteiger partial charge on any atom is 0.0639 e. The second-order valence-corrected chi connectivity index (χ2v) is 3.50. The molecular weight excluding hydrogens is 176 g/mol. The Morgan fingerprint density at radius 3 is 2.79 bits per heavy atom. The van der Waals surface area contributed by atoms with Gasteiger partial charge >= 0.3 is 0 Å². The first-order chi connectivity index (χ1) is 6.72. The van der Waals surface area contributed by atoms with E-state index in [0.717, 1.165) is 18.8 Å². The van der Waals surface area contributed by atoms with E-state index in [1.807, 2.05) is 18.2 Å². The van der Waals surface area contributed by atoms with Gasteiger partial charge in [-0.1, -0.05) is 13.0 Å². The van der Waals surface area contributed by atoms with Crippen molar-refractivity contribution < 1.29 is 5.11 Å². The lowest BCUT2D eigenvalue weighted by Crippen LogP contribution is -2.30. The van der Waals surface area contributed by atoms with Gasteiger partial charge in [-0.25, -0.2) is 0 Å². The van der Waals surface area contributed by atoms with Gasteiger partial charge in [0.15, 0.2) is 0 Å². The molecule has 3 nitrogen and oxygen atoms in total. The van der Waals surface area contributed by atoms with Crippen LogP contribution in [0.15, 0.2) is 24.4 Å². The topological polar surface area (TPSA) is 36.4 Å². The molecule has 0 saturated heterocycles. The van der Waals surface area contributed by atoms with E-state index in [2.05, 4.69) is 16.8 Å². The van der Waals surface area contributed by atoms with Gasteiger partial charge in [-0.2, -0.15) is 0 Å². The van der Waals surface area contributed by atoms with Gasteiger partial charge in [0.05, 0.1) is 11.8 Å². The number of hydrogen-bond donors (Lipinski definition) is 1. The highest BCUT2D eigenvalue weighted by molar-refractivity contribution is 5.03. The maximum atomic E-state index is 9.27. The Labute approximate surface area is 85.4 Å². The standard InChI is InChI=1S/C11H18N2O/c1-3-13(8-10(2)14)9-11-6-4-5-7-12-11/h4-7,10,14H,3,8-9H2,1-2H3. The van der Waals surface area contributed by atoms with E-state index in [-0.39, 0.29) is 6.10 Å². The minimum atomic E-state index is -0.279. The number of pyridine rings is 1. The Morgan fingerprint density at radius 2 is 2.29 bits per heavy atom. The lowest BCUT2D eigenvalue weighted by atomic mass is 10.3. The first-order valence-corrected chi connectivity index (χ1v) is 5.02. The van der Waals surface area contributed by atoms with Gasteiger partial charge in [0.25, 0.3) is 0 Å². The molecule has 0 aromatic carbocycles. The van der Waals surface area contributed by atoms with Crippen LogP contribution < -0.4 is 0 Å². The van der Waals surface area contributed by atoms with E-state index in [4.69, 9.17) is 0 Å². The van der Waals surface area contributed by atoms with Gasteiger partial charge in [0.2, 0.25) is 0 Å². The summed E-state index contributed by atoms with van der Waals surface area (Å²) in [6.07, 6.45) is 1.52. The fourth-order valence-corrected chi connectivity index (χ4v) is 1.40. The van der Waals surface area contributed by atoms with E-state index >= 15 is 0 Å². The van der Waals surface area contributed by atoms with Crippen molar-refractivity contribution in [3.8, 4) is 0 Å². The monoisotopic (exact) mass is 194 g/mol. The molecule has 0 aliphatic rings. The van der Waals surface area contributed by atoms with E-state index in [9.17, 15) is 5.11 Å². The van der Waals surface area contributed by atoms with Crippen LogP contribution in [-0.2, 0) is 6.54 Å². The molecule has 1 aromatic heterocycles. The molecule has 1 rings (SSSR count). The number of aromatic nitrogens is 1. The Bertz CT molecular complexity index is 249. The number of aliphatic hydroxyl groups excluding tert-OH is 1. The Kier molecular flexibility index (Phi) is 4.56. The first kappa shape index (κ1) is 11.1. The molecule has 0 aliphatic carbocycles. The summed E-state index contributed by atoms with van der Waals surface area (Å²) >= 11 is 0. The van der Waals surface area contributed by atoms with Gasteiger partial charge in [-0.3, -0.25) is 9.88 Å². The molecule has 1 heterocycles. The summed E-state index contributed by atoms with van der Waals surface area (Å²) in [7, 11) is 0. The van der Waals surface area contributed by atoms with Crippen LogP contribution in [0.5, 0.6) is 0 Å². The van der Waals surface area contributed by atoms with Gasteiger partial charge in [-0.15, -0.1) is 0 Å². The number of likely N-dealkylation sites (N-methyl/N-ethyl adjacent to an activating group) is 1. The van der Waals surface area contributed by atoms with Crippen LogP contribution in [0.1, 0.15) is 19.5 Å². The van der Waals surface area contributed by atoms with Crippen molar-refractivity contribution in [1.82, 2.24) is 9.88 Å².